The number of benzene rings is 3. The number of rotatable bonds is 13. The van der Waals surface area contributed by atoms with Crippen molar-refractivity contribution in [3.8, 4) is 5.69 Å². The van der Waals surface area contributed by atoms with Gasteiger partial charge in [-0.05, 0) is 119 Å². The SMILES string of the molecule is CC(C)(C)OC(=O)NCc1ccc(C(NCC2CC2)c2ccc(F)c(NC(=O)c3cc(CC(F)(F)F)nn3-c3cccc(CN(C(=O)O)C(C)(C)C)c3)c2)cc1. The molecule has 0 aliphatic heterocycles. The highest BCUT2D eigenvalue weighted by molar-refractivity contribution is 6.03. The maximum atomic E-state index is 15.4. The second-order valence-corrected chi connectivity index (χ2v) is 16.0. The number of nitrogens with one attached hydrogen (secondary N) is 3. The lowest BCUT2D eigenvalue weighted by Gasteiger charge is -2.33. The van der Waals surface area contributed by atoms with Gasteiger partial charge in [-0.3, -0.25) is 9.69 Å². The number of nitrogens with zero attached hydrogens (tertiary/aromatic N) is 3. The first-order chi connectivity index (χ1) is 26.1. The minimum Gasteiger partial charge on any atom is -0.465 e. The molecular formula is C41H48F4N6O5. The van der Waals surface area contributed by atoms with Gasteiger partial charge < -0.3 is 25.8 Å². The van der Waals surface area contributed by atoms with E-state index >= 15 is 4.39 Å². The molecule has 1 aliphatic rings. The van der Waals surface area contributed by atoms with Crippen molar-refractivity contribution in [1.29, 1.82) is 0 Å². The van der Waals surface area contributed by atoms with Gasteiger partial charge in [-0.1, -0.05) is 42.5 Å². The van der Waals surface area contributed by atoms with E-state index in [0.29, 0.717) is 23.6 Å². The highest BCUT2D eigenvalue weighted by Crippen LogP contribution is 2.32. The van der Waals surface area contributed by atoms with Crippen molar-refractivity contribution in [3.63, 3.8) is 0 Å². The smallest absolute Gasteiger partial charge is 0.408 e. The molecule has 0 saturated heterocycles. The Labute approximate surface area is 323 Å². The van der Waals surface area contributed by atoms with Crippen LogP contribution in [0.5, 0.6) is 0 Å². The Kier molecular flexibility index (Phi) is 12.5. The topological polar surface area (TPSA) is 138 Å². The lowest BCUT2D eigenvalue weighted by Crippen LogP contribution is -2.44. The average Bonchev–Trinajstić information content (AvgIpc) is 3.83. The number of carbonyl (C=O) groups is 3. The Morgan fingerprint density at radius 1 is 0.929 bits per heavy atom. The first-order valence-corrected chi connectivity index (χ1v) is 18.3. The van der Waals surface area contributed by atoms with Crippen molar-refractivity contribution in [2.24, 2.45) is 5.92 Å². The molecule has 11 nitrogen and oxygen atoms in total. The van der Waals surface area contributed by atoms with Gasteiger partial charge in [0.2, 0.25) is 0 Å². The van der Waals surface area contributed by atoms with Gasteiger partial charge >= 0.3 is 18.4 Å². The van der Waals surface area contributed by atoms with Gasteiger partial charge in [0.15, 0.2) is 0 Å². The number of hydrogen-bond acceptors (Lipinski definition) is 6. The third-order valence-corrected chi connectivity index (χ3v) is 8.94. The molecule has 3 aromatic carbocycles. The zero-order valence-electron chi connectivity index (χ0n) is 32.3. The maximum Gasteiger partial charge on any atom is 0.408 e. The summed E-state index contributed by atoms with van der Waals surface area (Å²) < 4.78 is 62.3. The fraction of sp³-hybridized carbons (Fsp3) is 0.415. The van der Waals surface area contributed by atoms with Gasteiger partial charge in [-0.25, -0.2) is 18.7 Å². The molecular weight excluding hydrogens is 732 g/mol. The molecule has 0 spiro atoms. The quantitative estimate of drug-likeness (QED) is 0.0996. The number of aromatic nitrogens is 2. The molecule has 3 amide bonds. The summed E-state index contributed by atoms with van der Waals surface area (Å²) in [5, 5.41) is 22.7. The number of hydrogen-bond donors (Lipinski definition) is 4. The number of halogens is 4. The minimum absolute atomic E-state index is 0.0372. The van der Waals surface area contributed by atoms with Gasteiger partial charge in [-0.2, -0.15) is 18.3 Å². The molecule has 4 N–H and O–H groups in total. The Balaban J connectivity index is 1.42. The van der Waals surface area contributed by atoms with Crippen LogP contribution >= 0.6 is 0 Å². The number of amides is 3. The predicted molar refractivity (Wildman–Crippen MR) is 203 cm³/mol. The number of alkyl halides is 3. The van der Waals surface area contributed by atoms with E-state index in [-0.39, 0.29) is 30.2 Å². The molecule has 5 rings (SSSR count). The summed E-state index contributed by atoms with van der Waals surface area (Å²) in [4.78, 5) is 39.2. The summed E-state index contributed by atoms with van der Waals surface area (Å²) in [6.45, 7) is 11.4. The third-order valence-electron chi connectivity index (χ3n) is 8.94. The van der Waals surface area contributed by atoms with E-state index in [1.807, 2.05) is 24.3 Å². The van der Waals surface area contributed by atoms with Crippen molar-refractivity contribution >= 4 is 23.8 Å². The molecule has 1 heterocycles. The van der Waals surface area contributed by atoms with E-state index in [0.717, 1.165) is 34.7 Å². The number of anilines is 1. The van der Waals surface area contributed by atoms with E-state index in [4.69, 9.17) is 4.74 Å². The van der Waals surface area contributed by atoms with E-state index in [1.54, 1.807) is 65.8 Å². The average molecular weight is 781 g/mol. The van der Waals surface area contributed by atoms with Gasteiger partial charge in [0.05, 0.1) is 29.5 Å². The first kappa shape index (κ1) is 41.7. The zero-order chi connectivity index (χ0) is 41.0. The Bertz CT molecular complexity index is 2030. The second kappa shape index (κ2) is 16.7. The van der Waals surface area contributed by atoms with Crippen molar-refractivity contribution < 1.29 is 41.8 Å². The number of alkyl carbamates (subject to hydrolysis) is 1. The third kappa shape index (κ3) is 11.8. The molecule has 4 aromatic rings. The standard InChI is InChI=1S/C41H48F4N6O5/c1-39(2,3)50(38(54)55)24-27-8-7-9-31(18-27)51-34(20-30(49-51)21-41(43,44)45)36(52)48-33-19-29(16-17-32(33)42)35(46-22-25-10-11-25)28-14-12-26(13-15-28)23-47-37(53)56-40(4,5)6/h7-9,12-20,25,35,46H,10-11,21-24H2,1-6H3,(H,47,53)(H,48,52)(H,54,55). The molecule has 15 heteroatoms. The van der Waals surface area contributed by atoms with Crippen molar-refractivity contribution in [1.82, 2.24) is 25.3 Å². The second-order valence-electron chi connectivity index (χ2n) is 16.0. The molecule has 1 fully saturated rings. The fourth-order valence-corrected chi connectivity index (χ4v) is 6.00. The van der Waals surface area contributed by atoms with Gasteiger partial charge in [0.1, 0.15) is 17.1 Å². The molecule has 1 saturated carbocycles. The normalized spacial score (nSPS) is 13.9. The van der Waals surface area contributed by atoms with Crippen LogP contribution in [-0.4, -0.2) is 61.7 Å². The predicted octanol–water partition coefficient (Wildman–Crippen LogP) is 8.76. The summed E-state index contributed by atoms with van der Waals surface area (Å²) in [7, 11) is 0. The van der Waals surface area contributed by atoms with E-state index in [1.165, 1.54) is 23.1 Å². The van der Waals surface area contributed by atoms with Crippen LogP contribution in [0.25, 0.3) is 5.69 Å². The van der Waals surface area contributed by atoms with Crippen molar-refractivity contribution in [2.45, 2.75) is 97.3 Å². The van der Waals surface area contributed by atoms with E-state index < -0.39 is 59.4 Å². The van der Waals surface area contributed by atoms with Crippen LogP contribution in [0.15, 0.2) is 72.8 Å². The van der Waals surface area contributed by atoms with Crippen LogP contribution in [0.2, 0.25) is 0 Å². The maximum absolute atomic E-state index is 15.4. The number of carbonyl (C=O) groups excluding carboxylic acids is 2. The van der Waals surface area contributed by atoms with Crippen LogP contribution in [0.1, 0.15) is 98.9 Å². The van der Waals surface area contributed by atoms with Crippen LogP contribution in [0.4, 0.5) is 32.8 Å². The first-order valence-electron chi connectivity index (χ1n) is 18.3. The van der Waals surface area contributed by atoms with Crippen LogP contribution in [0.3, 0.4) is 0 Å². The fourth-order valence-electron chi connectivity index (χ4n) is 6.00. The minimum atomic E-state index is -4.63. The summed E-state index contributed by atoms with van der Waals surface area (Å²) in [6, 6.07) is 18.7. The van der Waals surface area contributed by atoms with Gasteiger partial charge in [0.25, 0.3) is 5.91 Å². The van der Waals surface area contributed by atoms with Gasteiger partial charge in [0, 0.05) is 18.6 Å². The van der Waals surface area contributed by atoms with Crippen molar-refractivity contribution in [3.05, 3.63) is 112 Å². The molecule has 1 aromatic heterocycles. The molecule has 0 radical (unpaired) electrons. The Morgan fingerprint density at radius 2 is 1.61 bits per heavy atom. The highest BCUT2D eigenvalue weighted by atomic mass is 19.4. The Morgan fingerprint density at radius 3 is 2.21 bits per heavy atom. The van der Waals surface area contributed by atoms with Gasteiger partial charge in [-0.15, -0.1) is 0 Å². The van der Waals surface area contributed by atoms with E-state index in [2.05, 4.69) is 21.0 Å². The molecule has 0 bridgehead atoms. The zero-order valence-corrected chi connectivity index (χ0v) is 32.3. The summed E-state index contributed by atoms with van der Waals surface area (Å²) >= 11 is 0. The molecule has 1 atom stereocenters. The monoisotopic (exact) mass is 780 g/mol. The summed E-state index contributed by atoms with van der Waals surface area (Å²) in [5.74, 6) is -1.16. The number of ether oxygens (including phenoxy) is 1. The van der Waals surface area contributed by atoms with Crippen molar-refractivity contribution in [2.75, 3.05) is 11.9 Å². The van der Waals surface area contributed by atoms with E-state index in [9.17, 15) is 32.7 Å². The lowest BCUT2D eigenvalue weighted by molar-refractivity contribution is -0.127. The molecule has 1 unspecified atom stereocenters. The lowest BCUT2D eigenvalue weighted by atomic mass is 9.96. The molecule has 56 heavy (non-hydrogen) atoms. The van der Waals surface area contributed by atoms with Crippen LogP contribution < -0.4 is 16.0 Å². The Hall–Kier alpha value is -5.44. The molecule has 300 valence electrons. The summed E-state index contributed by atoms with van der Waals surface area (Å²) in [6.07, 6.45) is -5.57. The summed E-state index contributed by atoms with van der Waals surface area (Å²) in [5.41, 5.74) is 0.727. The highest BCUT2D eigenvalue weighted by Gasteiger charge is 2.32. The molecule has 1 aliphatic carbocycles. The largest absolute Gasteiger partial charge is 0.465 e. The van der Waals surface area contributed by atoms with Crippen LogP contribution in [-0.2, 0) is 24.2 Å². The number of carboxylic acid groups (broad SMARTS) is 1. The van der Waals surface area contributed by atoms with Crippen LogP contribution in [0, 0.1) is 11.7 Å².